The number of piperazine rings is 1. The molecule has 7 heteroatoms. The van der Waals surface area contributed by atoms with Crippen molar-refractivity contribution < 1.29 is 19.1 Å². The molecular weight excluding hydrogens is 394 g/mol. The Morgan fingerprint density at radius 1 is 1.16 bits per heavy atom. The van der Waals surface area contributed by atoms with Crippen molar-refractivity contribution in [2.45, 2.75) is 31.8 Å². The number of nitrogens with zero attached hydrogens (tertiary/aromatic N) is 2. The Balaban J connectivity index is 1.44. The SMILES string of the molecule is COc1ccc(C(=O)NCCc2ccccc2)cc1CN1CC(=O)N2CCC[C@H]2C1=O. The zero-order valence-electron chi connectivity index (χ0n) is 17.7. The minimum atomic E-state index is -0.350. The molecule has 31 heavy (non-hydrogen) atoms. The van der Waals surface area contributed by atoms with Crippen LogP contribution in [0.2, 0.25) is 0 Å². The van der Waals surface area contributed by atoms with Crippen LogP contribution in [0.5, 0.6) is 5.75 Å². The second kappa shape index (κ2) is 9.20. The molecule has 0 bridgehead atoms. The first-order chi connectivity index (χ1) is 15.1. The number of amides is 3. The molecule has 2 aliphatic rings. The van der Waals surface area contributed by atoms with Crippen molar-refractivity contribution in [1.29, 1.82) is 0 Å². The van der Waals surface area contributed by atoms with Crippen molar-refractivity contribution >= 4 is 17.7 Å². The predicted molar refractivity (Wildman–Crippen MR) is 116 cm³/mol. The molecule has 162 valence electrons. The van der Waals surface area contributed by atoms with E-state index >= 15 is 0 Å². The average molecular weight is 421 g/mol. The molecule has 2 fully saturated rings. The summed E-state index contributed by atoms with van der Waals surface area (Å²) in [6.07, 6.45) is 2.32. The summed E-state index contributed by atoms with van der Waals surface area (Å²) in [5, 5.41) is 2.94. The van der Waals surface area contributed by atoms with E-state index in [-0.39, 0.29) is 36.9 Å². The summed E-state index contributed by atoms with van der Waals surface area (Å²) in [6, 6.07) is 14.8. The normalized spacial score (nSPS) is 18.2. The number of carbonyl (C=O) groups excluding carboxylic acids is 3. The quantitative estimate of drug-likeness (QED) is 0.742. The summed E-state index contributed by atoms with van der Waals surface area (Å²) in [4.78, 5) is 41.2. The number of rotatable bonds is 7. The van der Waals surface area contributed by atoms with E-state index in [0.717, 1.165) is 18.4 Å². The maximum Gasteiger partial charge on any atom is 0.251 e. The van der Waals surface area contributed by atoms with E-state index in [9.17, 15) is 14.4 Å². The fourth-order valence-corrected chi connectivity index (χ4v) is 4.31. The van der Waals surface area contributed by atoms with Gasteiger partial charge >= 0.3 is 0 Å². The number of fused-ring (bicyclic) bond motifs is 1. The van der Waals surface area contributed by atoms with Crippen LogP contribution in [-0.2, 0) is 22.6 Å². The summed E-state index contributed by atoms with van der Waals surface area (Å²) in [6.45, 7) is 1.49. The first-order valence-corrected chi connectivity index (χ1v) is 10.6. The summed E-state index contributed by atoms with van der Waals surface area (Å²) >= 11 is 0. The van der Waals surface area contributed by atoms with E-state index in [1.54, 1.807) is 35.1 Å². The fourth-order valence-electron chi connectivity index (χ4n) is 4.31. The standard InChI is InChI=1S/C24H27N3O4/c1-31-21-10-9-18(23(29)25-12-11-17-6-3-2-4-7-17)14-19(21)15-26-16-22(28)27-13-5-8-20(27)24(26)30/h2-4,6-7,9-10,14,20H,5,8,11-13,15-16H2,1H3,(H,25,29)/t20-/m0/s1. The number of methoxy groups -OCH3 is 1. The second-order valence-corrected chi connectivity index (χ2v) is 7.96. The van der Waals surface area contributed by atoms with Gasteiger partial charge in [-0.25, -0.2) is 0 Å². The Labute approximate surface area is 182 Å². The molecule has 2 aliphatic heterocycles. The van der Waals surface area contributed by atoms with Crippen LogP contribution < -0.4 is 10.1 Å². The van der Waals surface area contributed by atoms with Crippen LogP contribution in [0.15, 0.2) is 48.5 Å². The highest BCUT2D eigenvalue weighted by Gasteiger charge is 2.41. The van der Waals surface area contributed by atoms with Gasteiger partial charge in [-0.2, -0.15) is 0 Å². The number of nitrogens with one attached hydrogen (secondary N) is 1. The fraction of sp³-hybridized carbons (Fsp3) is 0.375. The number of hydrogen-bond acceptors (Lipinski definition) is 4. The molecule has 0 aromatic heterocycles. The highest BCUT2D eigenvalue weighted by Crippen LogP contribution is 2.27. The van der Waals surface area contributed by atoms with Gasteiger partial charge in [0, 0.05) is 30.8 Å². The van der Waals surface area contributed by atoms with E-state index in [0.29, 0.717) is 36.4 Å². The summed E-state index contributed by atoms with van der Waals surface area (Å²) in [5.74, 6) is 0.366. The molecule has 2 saturated heterocycles. The van der Waals surface area contributed by atoms with Crippen LogP contribution in [0.4, 0.5) is 0 Å². The lowest BCUT2D eigenvalue weighted by Crippen LogP contribution is -2.56. The molecule has 7 nitrogen and oxygen atoms in total. The number of benzene rings is 2. The molecule has 1 N–H and O–H groups in total. The Bertz CT molecular complexity index is 976. The van der Waals surface area contributed by atoms with Crippen LogP contribution in [0.25, 0.3) is 0 Å². The Kier molecular flexibility index (Phi) is 6.21. The third-order valence-corrected chi connectivity index (χ3v) is 5.94. The molecule has 0 saturated carbocycles. The molecule has 1 atom stereocenters. The molecule has 2 aromatic rings. The van der Waals surface area contributed by atoms with E-state index < -0.39 is 0 Å². The maximum absolute atomic E-state index is 12.9. The molecule has 0 aliphatic carbocycles. The van der Waals surface area contributed by atoms with Gasteiger partial charge in [0.1, 0.15) is 18.3 Å². The topological polar surface area (TPSA) is 79.0 Å². The Hall–Kier alpha value is -3.35. The lowest BCUT2D eigenvalue weighted by Gasteiger charge is -2.36. The molecule has 4 rings (SSSR count). The van der Waals surface area contributed by atoms with Gasteiger partial charge in [-0.15, -0.1) is 0 Å². The molecule has 0 spiro atoms. The Morgan fingerprint density at radius 3 is 2.74 bits per heavy atom. The molecule has 0 radical (unpaired) electrons. The van der Waals surface area contributed by atoms with E-state index in [4.69, 9.17) is 4.74 Å². The van der Waals surface area contributed by atoms with Crippen molar-refractivity contribution in [2.75, 3.05) is 26.7 Å². The average Bonchev–Trinajstić information content (AvgIpc) is 3.29. The van der Waals surface area contributed by atoms with Crippen LogP contribution in [-0.4, -0.2) is 60.3 Å². The van der Waals surface area contributed by atoms with Gasteiger partial charge in [0.2, 0.25) is 11.8 Å². The van der Waals surface area contributed by atoms with Crippen molar-refractivity contribution in [1.82, 2.24) is 15.1 Å². The van der Waals surface area contributed by atoms with Crippen LogP contribution in [0, 0.1) is 0 Å². The summed E-state index contributed by atoms with van der Waals surface area (Å²) in [5.41, 5.74) is 2.38. The van der Waals surface area contributed by atoms with Crippen LogP contribution in [0.1, 0.15) is 34.3 Å². The third kappa shape index (κ3) is 4.55. The summed E-state index contributed by atoms with van der Waals surface area (Å²) in [7, 11) is 1.56. The van der Waals surface area contributed by atoms with Gasteiger partial charge in [0.25, 0.3) is 5.91 Å². The highest BCUT2D eigenvalue weighted by molar-refractivity contribution is 5.96. The number of hydrogen-bond donors (Lipinski definition) is 1. The second-order valence-electron chi connectivity index (χ2n) is 7.96. The number of ether oxygens (including phenoxy) is 1. The van der Waals surface area contributed by atoms with Crippen molar-refractivity contribution in [2.24, 2.45) is 0 Å². The molecule has 0 unspecified atom stereocenters. The zero-order chi connectivity index (χ0) is 21.8. The van der Waals surface area contributed by atoms with Gasteiger partial charge in [-0.05, 0) is 43.0 Å². The predicted octanol–water partition coefficient (Wildman–Crippen LogP) is 2.00. The third-order valence-electron chi connectivity index (χ3n) is 5.94. The molecule has 2 heterocycles. The van der Waals surface area contributed by atoms with E-state index in [1.807, 2.05) is 30.3 Å². The molecule has 2 aromatic carbocycles. The van der Waals surface area contributed by atoms with Gasteiger partial charge in [0.15, 0.2) is 0 Å². The first kappa shape index (κ1) is 20.9. The minimum Gasteiger partial charge on any atom is -0.496 e. The van der Waals surface area contributed by atoms with Crippen LogP contribution >= 0.6 is 0 Å². The highest BCUT2D eigenvalue weighted by atomic mass is 16.5. The zero-order valence-corrected chi connectivity index (χ0v) is 17.7. The minimum absolute atomic E-state index is 0.0177. The maximum atomic E-state index is 12.9. The van der Waals surface area contributed by atoms with Gasteiger partial charge in [-0.3, -0.25) is 14.4 Å². The number of carbonyl (C=O) groups is 3. The van der Waals surface area contributed by atoms with E-state index in [1.165, 1.54) is 0 Å². The van der Waals surface area contributed by atoms with Crippen molar-refractivity contribution in [3.05, 3.63) is 65.2 Å². The van der Waals surface area contributed by atoms with Crippen molar-refractivity contribution in [3.8, 4) is 5.75 Å². The first-order valence-electron chi connectivity index (χ1n) is 10.6. The smallest absolute Gasteiger partial charge is 0.251 e. The summed E-state index contributed by atoms with van der Waals surface area (Å²) < 4.78 is 5.44. The van der Waals surface area contributed by atoms with E-state index in [2.05, 4.69) is 5.32 Å². The largest absolute Gasteiger partial charge is 0.496 e. The lowest BCUT2D eigenvalue weighted by molar-refractivity contribution is -0.154. The monoisotopic (exact) mass is 421 g/mol. The lowest BCUT2D eigenvalue weighted by atomic mass is 10.1. The van der Waals surface area contributed by atoms with Gasteiger partial charge < -0.3 is 19.9 Å². The molecule has 3 amide bonds. The van der Waals surface area contributed by atoms with Gasteiger partial charge in [-0.1, -0.05) is 30.3 Å². The van der Waals surface area contributed by atoms with Crippen LogP contribution in [0.3, 0.4) is 0 Å². The van der Waals surface area contributed by atoms with Gasteiger partial charge in [0.05, 0.1) is 7.11 Å². The Morgan fingerprint density at radius 2 is 1.97 bits per heavy atom. The van der Waals surface area contributed by atoms with Crippen molar-refractivity contribution in [3.63, 3.8) is 0 Å². The molecular formula is C24H27N3O4.